The van der Waals surface area contributed by atoms with Gasteiger partial charge < -0.3 is 4.90 Å². The predicted molar refractivity (Wildman–Crippen MR) is 98.3 cm³/mol. The lowest BCUT2D eigenvalue weighted by Gasteiger charge is -2.35. The normalized spacial score (nSPS) is 15.6. The summed E-state index contributed by atoms with van der Waals surface area (Å²) < 4.78 is 13.3. The molecular formula is C20H21FN4. The maximum Gasteiger partial charge on any atom is 0.139 e. The lowest BCUT2D eigenvalue weighted by atomic mass is 10.1. The van der Waals surface area contributed by atoms with Crippen molar-refractivity contribution >= 4 is 16.7 Å². The van der Waals surface area contributed by atoms with Gasteiger partial charge in [-0.05, 0) is 36.2 Å². The third-order valence-corrected chi connectivity index (χ3v) is 4.80. The highest BCUT2D eigenvalue weighted by Gasteiger charge is 2.19. The molecule has 128 valence electrons. The second-order valence-electron chi connectivity index (χ2n) is 6.42. The first-order valence-electron chi connectivity index (χ1n) is 8.71. The Kier molecular flexibility index (Phi) is 4.57. The number of nitrogens with zero attached hydrogens (tertiary/aromatic N) is 4. The van der Waals surface area contributed by atoms with Gasteiger partial charge in [0.05, 0.1) is 5.52 Å². The molecule has 0 spiro atoms. The third kappa shape index (κ3) is 3.61. The number of hydrogen-bond donors (Lipinski definition) is 0. The molecule has 4 nitrogen and oxygen atoms in total. The molecule has 0 amide bonds. The number of piperazine rings is 1. The van der Waals surface area contributed by atoms with E-state index in [0.717, 1.165) is 61.4 Å². The number of hydrogen-bond acceptors (Lipinski definition) is 4. The van der Waals surface area contributed by atoms with Crippen LogP contribution in [0.25, 0.3) is 10.9 Å². The largest absolute Gasteiger partial charge is 0.353 e. The summed E-state index contributed by atoms with van der Waals surface area (Å²) in [6, 6.07) is 15.0. The van der Waals surface area contributed by atoms with Crippen LogP contribution in [0.15, 0.2) is 54.9 Å². The van der Waals surface area contributed by atoms with Gasteiger partial charge in [-0.3, -0.25) is 4.90 Å². The van der Waals surface area contributed by atoms with E-state index in [1.165, 1.54) is 6.07 Å². The first kappa shape index (κ1) is 16.0. The summed E-state index contributed by atoms with van der Waals surface area (Å²) in [5.74, 6) is 0.869. The van der Waals surface area contributed by atoms with Crippen LogP contribution in [0.4, 0.5) is 10.2 Å². The number of para-hydroxylation sites is 1. The van der Waals surface area contributed by atoms with Gasteiger partial charge in [-0.15, -0.1) is 0 Å². The van der Waals surface area contributed by atoms with E-state index in [1.54, 1.807) is 18.5 Å². The first-order chi connectivity index (χ1) is 12.3. The van der Waals surface area contributed by atoms with Crippen molar-refractivity contribution in [1.82, 2.24) is 14.9 Å². The summed E-state index contributed by atoms with van der Waals surface area (Å²) in [7, 11) is 0. The van der Waals surface area contributed by atoms with E-state index in [1.807, 2.05) is 24.3 Å². The van der Waals surface area contributed by atoms with E-state index in [9.17, 15) is 4.39 Å². The zero-order chi connectivity index (χ0) is 17.1. The van der Waals surface area contributed by atoms with Gasteiger partial charge in [0.2, 0.25) is 0 Å². The molecule has 1 aromatic heterocycles. The van der Waals surface area contributed by atoms with Crippen LogP contribution in [0, 0.1) is 5.82 Å². The summed E-state index contributed by atoms with van der Waals surface area (Å²) in [5.41, 5.74) is 2.05. The molecule has 3 aromatic rings. The van der Waals surface area contributed by atoms with E-state index in [-0.39, 0.29) is 5.82 Å². The van der Waals surface area contributed by atoms with Crippen molar-refractivity contribution in [2.45, 2.75) is 6.42 Å². The lowest BCUT2D eigenvalue weighted by molar-refractivity contribution is 0.260. The maximum atomic E-state index is 13.3. The summed E-state index contributed by atoms with van der Waals surface area (Å²) >= 11 is 0. The maximum absolute atomic E-state index is 13.3. The number of anilines is 1. The monoisotopic (exact) mass is 336 g/mol. The molecule has 0 N–H and O–H groups in total. The molecule has 0 atom stereocenters. The zero-order valence-electron chi connectivity index (χ0n) is 14.1. The Balaban J connectivity index is 1.38. The van der Waals surface area contributed by atoms with Crippen LogP contribution in [-0.4, -0.2) is 47.6 Å². The van der Waals surface area contributed by atoms with E-state index < -0.39 is 0 Å². The van der Waals surface area contributed by atoms with Crippen molar-refractivity contribution in [2.75, 3.05) is 37.6 Å². The Morgan fingerprint density at radius 3 is 2.60 bits per heavy atom. The highest BCUT2D eigenvalue weighted by Crippen LogP contribution is 2.23. The fourth-order valence-electron chi connectivity index (χ4n) is 3.41. The molecule has 1 saturated heterocycles. The zero-order valence-corrected chi connectivity index (χ0v) is 14.1. The van der Waals surface area contributed by atoms with Gasteiger partial charge in [-0.25, -0.2) is 14.4 Å². The summed E-state index contributed by atoms with van der Waals surface area (Å²) in [6.07, 6.45) is 2.53. The minimum Gasteiger partial charge on any atom is -0.353 e. The minimum atomic E-state index is -0.155. The molecule has 1 fully saturated rings. The highest BCUT2D eigenvalue weighted by molar-refractivity contribution is 5.89. The predicted octanol–water partition coefficient (Wildman–Crippen LogP) is 3.13. The molecule has 0 radical (unpaired) electrons. The van der Waals surface area contributed by atoms with Gasteiger partial charge in [0.25, 0.3) is 0 Å². The second kappa shape index (κ2) is 7.15. The van der Waals surface area contributed by atoms with Crippen molar-refractivity contribution in [3.63, 3.8) is 0 Å². The van der Waals surface area contributed by atoms with Gasteiger partial charge >= 0.3 is 0 Å². The Bertz CT molecular complexity index is 854. The number of fused-ring (bicyclic) bond motifs is 1. The average Bonchev–Trinajstić information content (AvgIpc) is 2.66. The Labute approximate surface area is 146 Å². The van der Waals surface area contributed by atoms with Gasteiger partial charge in [0.15, 0.2) is 0 Å². The van der Waals surface area contributed by atoms with E-state index in [4.69, 9.17) is 0 Å². The van der Waals surface area contributed by atoms with Crippen LogP contribution >= 0.6 is 0 Å². The molecule has 1 aliphatic rings. The van der Waals surface area contributed by atoms with Gasteiger partial charge in [0.1, 0.15) is 18.0 Å². The van der Waals surface area contributed by atoms with E-state index in [0.29, 0.717) is 0 Å². The molecule has 0 saturated carbocycles. The highest BCUT2D eigenvalue weighted by atomic mass is 19.1. The van der Waals surface area contributed by atoms with Gasteiger partial charge in [-0.2, -0.15) is 0 Å². The van der Waals surface area contributed by atoms with Crippen LogP contribution < -0.4 is 4.90 Å². The van der Waals surface area contributed by atoms with Crippen molar-refractivity contribution < 1.29 is 4.39 Å². The van der Waals surface area contributed by atoms with Crippen LogP contribution in [0.5, 0.6) is 0 Å². The van der Waals surface area contributed by atoms with E-state index in [2.05, 4.69) is 25.8 Å². The molecule has 0 bridgehead atoms. The molecule has 0 aliphatic carbocycles. The summed E-state index contributed by atoms with van der Waals surface area (Å²) in [4.78, 5) is 13.6. The molecule has 4 rings (SSSR count). The second-order valence-corrected chi connectivity index (χ2v) is 6.42. The fraction of sp³-hybridized carbons (Fsp3) is 0.300. The molecule has 5 heteroatoms. The molecule has 2 heterocycles. The van der Waals surface area contributed by atoms with Crippen LogP contribution in [0.2, 0.25) is 0 Å². The molecular weight excluding hydrogens is 315 g/mol. The van der Waals surface area contributed by atoms with Crippen molar-refractivity contribution in [3.05, 3.63) is 66.2 Å². The fourth-order valence-corrected chi connectivity index (χ4v) is 3.41. The number of halogens is 1. The minimum absolute atomic E-state index is 0.155. The third-order valence-electron chi connectivity index (χ3n) is 4.80. The van der Waals surface area contributed by atoms with Crippen LogP contribution in [0.1, 0.15) is 5.56 Å². The van der Waals surface area contributed by atoms with Crippen molar-refractivity contribution in [3.8, 4) is 0 Å². The van der Waals surface area contributed by atoms with Crippen molar-refractivity contribution in [2.24, 2.45) is 0 Å². The number of benzene rings is 2. The summed E-state index contributed by atoms with van der Waals surface area (Å²) in [5, 5.41) is 1.11. The van der Waals surface area contributed by atoms with Crippen LogP contribution in [-0.2, 0) is 6.42 Å². The van der Waals surface area contributed by atoms with Crippen molar-refractivity contribution in [1.29, 1.82) is 0 Å². The average molecular weight is 336 g/mol. The lowest BCUT2D eigenvalue weighted by Crippen LogP contribution is -2.47. The van der Waals surface area contributed by atoms with E-state index >= 15 is 0 Å². The molecule has 25 heavy (non-hydrogen) atoms. The first-order valence-corrected chi connectivity index (χ1v) is 8.71. The molecule has 2 aromatic carbocycles. The van der Waals surface area contributed by atoms with Crippen LogP contribution in [0.3, 0.4) is 0 Å². The Hall–Kier alpha value is -2.53. The van der Waals surface area contributed by atoms with Gasteiger partial charge in [0, 0.05) is 38.1 Å². The van der Waals surface area contributed by atoms with Gasteiger partial charge in [-0.1, -0.05) is 24.3 Å². The SMILES string of the molecule is Fc1cccc(CCN2CCN(c3ncnc4ccccc34)CC2)c1. The molecule has 0 unspecified atom stereocenters. The molecule has 1 aliphatic heterocycles. The number of aromatic nitrogens is 2. The smallest absolute Gasteiger partial charge is 0.139 e. The Morgan fingerprint density at radius 1 is 0.920 bits per heavy atom. The summed E-state index contributed by atoms with van der Waals surface area (Å²) in [6.45, 7) is 4.84. The number of rotatable bonds is 4. The topological polar surface area (TPSA) is 32.3 Å². The quantitative estimate of drug-likeness (QED) is 0.733. The standard InChI is InChI=1S/C20H21FN4/c21-17-5-3-4-16(14-17)8-9-24-10-12-25(13-11-24)20-18-6-1-2-7-19(18)22-15-23-20/h1-7,14-15H,8-13H2. The Morgan fingerprint density at radius 2 is 1.76 bits per heavy atom.